The number of hydrogen-bond donors (Lipinski definition) is 1. The molecule has 6 heteroatoms. The molecule has 20 heavy (non-hydrogen) atoms. The summed E-state index contributed by atoms with van der Waals surface area (Å²) in [5.41, 5.74) is 1.87. The van der Waals surface area contributed by atoms with Gasteiger partial charge in [0, 0.05) is 10.5 Å². The van der Waals surface area contributed by atoms with E-state index in [2.05, 4.69) is 37.3 Å². The average Bonchev–Trinajstić information content (AvgIpc) is 2.82. The molecule has 4 nitrogen and oxygen atoms in total. The van der Waals surface area contributed by atoms with Gasteiger partial charge in [-0.25, -0.2) is 9.97 Å². The zero-order valence-electron chi connectivity index (χ0n) is 10.8. The van der Waals surface area contributed by atoms with Crippen LogP contribution in [-0.2, 0) is 0 Å². The van der Waals surface area contributed by atoms with Crippen LogP contribution >= 0.6 is 27.3 Å². The number of pyridine rings is 1. The van der Waals surface area contributed by atoms with Crippen LogP contribution in [0.25, 0.3) is 10.2 Å². The van der Waals surface area contributed by atoms with Gasteiger partial charge in [-0.15, -0.1) is 0 Å². The van der Waals surface area contributed by atoms with Crippen molar-refractivity contribution in [2.45, 2.75) is 6.92 Å². The molecule has 1 N–H and O–H groups in total. The summed E-state index contributed by atoms with van der Waals surface area (Å²) in [6, 6.07) is 9.85. The van der Waals surface area contributed by atoms with E-state index in [1.165, 1.54) is 0 Å². The summed E-state index contributed by atoms with van der Waals surface area (Å²) in [5.74, 6) is 0.631. The van der Waals surface area contributed by atoms with E-state index < -0.39 is 0 Å². The molecule has 1 aromatic carbocycles. The summed E-state index contributed by atoms with van der Waals surface area (Å²) < 4.78 is 7.49. The number of nitrogens with zero attached hydrogens (tertiary/aromatic N) is 2. The second kappa shape index (κ2) is 5.76. The van der Waals surface area contributed by atoms with E-state index >= 15 is 0 Å². The number of thiazole rings is 1. The normalized spacial score (nSPS) is 10.7. The summed E-state index contributed by atoms with van der Waals surface area (Å²) in [4.78, 5) is 8.76. The Kier molecular flexibility index (Phi) is 3.84. The fourth-order valence-corrected chi connectivity index (χ4v) is 2.98. The van der Waals surface area contributed by atoms with Crippen LogP contribution in [0.4, 0.5) is 10.8 Å². The predicted molar refractivity (Wildman–Crippen MR) is 86.0 cm³/mol. The van der Waals surface area contributed by atoms with Gasteiger partial charge in [0.1, 0.15) is 0 Å². The molecule has 0 atom stereocenters. The fraction of sp³-hybridized carbons (Fsp3) is 0.143. The van der Waals surface area contributed by atoms with Gasteiger partial charge in [-0.2, -0.15) is 0 Å². The molecule has 0 aliphatic heterocycles. The molecule has 2 heterocycles. The van der Waals surface area contributed by atoms with E-state index in [1.807, 2.05) is 31.2 Å². The molecule has 0 amide bonds. The van der Waals surface area contributed by atoms with E-state index in [9.17, 15) is 0 Å². The topological polar surface area (TPSA) is 47.0 Å². The first kappa shape index (κ1) is 13.3. The monoisotopic (exact) mass is 349 g/mol. The van der Waals surface area contributed by atoms with Crippen molar-refractivity contribution in [2.75, 3.05) is 11.9 Å². The first-order chi connectivity index (χ1) is 9.74. The summed E-state index contributed by atoms with van der Waals surface area (Å²) in [5, 5.41) is 4.11. The van der Waals surface area contributed by atoms with Crippen LogP contribution in [0, 0.1) is 0 Å². The largest absolute Gasteiger partial charge is 0.478 e. The molecule has 0 saturated heterocycles. The van der Waals surface area contributed by atoms with Gasteiger partial charge < -0.3 is 10.1 Å². The number of fused-ring (bicyclic) bond motifs is 1. The fourth-order valence-electron chi connectivity index (χ4n) is 1.77. The van der Waals surface area contributed by atoms with Crippen LogP contribution in [-0.4, -0.2) is 16.6 Å². The van der Waals surface area contributed by atoms with Crippen molar-refractivity contribution in [1.29, 1.82) is 0 Å². The lowest BCUT2D eigenvalue weighted by atomic mass is 10.3. The van der Waals surface area contributed by atoms with Gasteiger partial charge in [0.05, 0.1) is 28.7 Å². The number of nitrogens with one attached hydrogen (secondary N) is 1. The molecule has 0 bridgehead atoms. The maximum atomic E-state index is 5.32. The highest BCUT2D eigenvalue weighted by atomic mass is 79.9. The zero-order valence-corrected chi connectivity index (χ0v) is 13.2. The third kappa shape index (κ3) is 2.91. The molecule has 0 aliphatic carbocycles. The number of anilines is 2. The van der Waals surface area contributed by atoms with Crippen molar-refractivity contribution in [3.8, 4) is 5.88 Å². The van der Waals surface area contributed by atoms with Gasteiger partial charge in [0.25, 0.3) is 0 Å². The molecule has 0 spiro atoms. The maximum absolute atomic E-state index is 5.32. The van der Waals surface area contributed by atoms with Crippen LogP contribution < -0.4 is 10.1 Å². The first-order valence-corrected chi connectivity index (χ1v) is 7.77. The lowest BCUT2D eigenvalue weighted by molar-refractivity contribution is 0.327. The van der Waals surface area contributed by atoms with E-state index in [0.29, 0.717) is 12.5 Å². The molecular formula is C14H12BrN3OS. The highest BCUT2D eigenvalue weighted by molar-refractivity contribution is 9.10. The van der Waals surface area contributed by atoms with E-state index in [4.69, 9.17) is 4.74 Å². The molecule has 3 aromatic rings. The minimum absolute atomic E-state index is 0.618. The first-order valence-electron chi connectivity index (χ1n) is 6.16. The number of rotatable bonds is 4. The summed E-state index contributed by atoms with van der Waals surface area (Å²) in [7, 11) is 0. The lowest BCUT2D eigenvalue weighted by Crippen LogP contribution is -1.95. The van der Waals surface area contributed by atoms with Gasteiger partial charge in [-0.05, 0) is 31.2 Å². The van der Waals surface area contributed by atoms with E-state index in [-0.39, 0.29) is 0 Å². The highest BCUT2D eigenvalue weighted by Crippen LogP contribution is 2.30. The molecule has 102 valence electrons. The van der Waals surface area contributed by atoms with E-state index in [1.54, 1.807) is 17.5 Å². The minimum Gasteiger partial charge on any atom is -0.478 e. The smallest absolute Gasteiger partial charge is 0.213 e. The molecule has 2 aromatic heterocycles. The predicted octanol–water partition coefficient (Wildman–Crippen LogP) is 4.60. The number of hydrogen-bond acceptors (Lipinski definition) is 5. The molecule has 0 saturated carbocycles. The average molecular weight is 350 g/mol. The molecule has 0 fully saturated rings. The van der Waals surface area contributed by atoms with Crippen LogP contribution in [0.3, 0.4) is 0 Å². The minimum atomic E-state index is 0.618. The van der Waals surface area contributed by atoms with Crippen molar-refractivity contribution in [1.82, 2.24) is 9.97 Å². The van der Waals surface area contributed by atoms with Gasteiger partial charge in [0.15, 0.2) is 5.13 Å². The summed E-state index contributed by atoms with van der Waals surface area (Å²) in [6.45, 7) is 2.56. The third-order valence-corrected chi connectivity index (χ3v) is 4.07. The van der Waals surface area contributed by atoms with Crippen molar-refractivity contribution < 1.29 is 4.74 Å². The Hall–Kier alpha value is -1.66. The standard InChI is InChI=1S/C14H12BrN3OS/c1-2-19-13-6-4-10(8-16-13)17-14-18-11-7-9(15)3-5-12(11)20-14/h3-8H,2H2,1H3,(H,17,18). The van der Waals surface area contributed by atoms with Gasteiger partial charge in [-0.1, -0.05) is 27.3 Å². The Morgan fingerprint density at radius 1 is 1.30 bits per heavy atom. The Morgan fingerprint density at radius 3 is 2.95 bits per heavy atom. The Morgan fingerprint density at radius 2 is 2.20 bits per heavy atom. The number of aromatic nitrogens is 2. The second-order valence-corrected chi connectivity index (χ2v) is 6.02. The quantitative estimate of drug-likeness (QED) is 0.747. The summed E-state index contributed by atoms with van der Waals surface area (Å²) in [6.07, 6.45) is 1.74. The number of halogens is 1. The summed E-state index contributed by atoms with van der Waals surface area (Å²) >= 11 is 5.06. The van der Waals surface area contributed by atoms with Gasteiger partial charge >= 0.3 is 0 Å². The maximum Gasteiger partial charge on any atom is 0.213 e. The number of ether oxygens (including phenoxy) is 1. The molecule has 0 unspecified atom stereocenters. The van der Waals surface area contributed by atoms with Crippen molar-refractivity contribution in [3.05, 3.63) is 41.0 Å². The second-order valence-electron chi connectivity index (χ2n) is 4.07. The van der Waals surface area contributed by atoms with Crippen LogP contribution in [0.2, 0.25) is 0 Å². The molecule has 0 radical (unpaired) electrons. The third-order valence-electron chi connectivity index (χ3n) is 2.63. The molecule has 3 rings (SSSR count). The Labute approximate surface area is 129 Å². The SMILES string of the molecule is CCOc1ccc(Nc2nc3cc(Br)ccc3s2)cn1. The van der Waals surface area contributed by atoms with Gasteiger partial charge in [-0.3, -0.25) is 0 Å². The lowest BCUT2D eigenvalue weighted by Gasteiger charge is -2.04. The number of benzene rings is 1. The van der Waals surface area contributed by atoms with Crippen molar-refractivity contribution in [2.24, 2.45) is 0 Å². The van der Waals surface area contributed by atoms with Crippen LogP contribution in [0.5, 0.6) is 5.88 Å². The van der Waals surface area contributed by atoms with Crippen LogP contribution in [0.1, 0.15) is 6.92 Å². The van der Waals surface area contributed by atoms with Gasteiger partial charge in [0.2, 0.25) is 5.88 Å². The molecular weight excluding hydrogens is 338 g/mol. The Bertz CT molecular complexity index is 727. The zero-order chi connectivity index (χ0) is 13.9. The van der Waals surface area contributed by atoms with Crippen LogP contribution in [0.15, 0.2) is 41.0 Å². The Balaban J connectivity index is 1.81. The highest BCUT2D eigenvalue weighted by Gasteiger charge is 2.05. The van der Waals surface area contributed by atoms with E-state index in [0.717, 1.165) is 25.5 Å². The van der Waals surface area contributed by atoms with Crippen molar-refractivity contribution in [3.63, 3.8) is 0 Å². The van der Waals surface area contributed by atoms with Crippen molar-refractivity contribution >= 4 is 48.3 Å². The molecule has 0 aliphatic rings.